The van der Waals surface area contributed by atoms with Gasteiger partial charge in [-0.1, -0.05) is 69.2 Å². The molecular formula is C23H38ClN3O2. The number of carbonyl (C=O) groups is 1. The van der Waals surface area contributed by atoms with Crippen molar-refractivity contribution in [2.75, 3.05) is 20.1 Å². The molecule has 1 aromatic rings. The molecule has 1 aromatic carbocycles. The van der Waals surface area contributed by atoms with Crippen LogP contribution < -0.4 is 10.8 Å². The summed E-state index contributed by atoms with van der Waals surface area (Å²) in [4.78, 5) is 14.5. The van der Waals surface area contributed by atoms with Crippen LogP contribution in [0.15, 0.2) is 24.3 Å². The Labute approximate surface area is 181 Å². The van der Waals surface area contributed by atoms with E-state index in [0.29, 0.717) is 24.9 Å². The van der Waals surface area contributed by atoms with Crippen LogP contribution in [0.3, 0.4) is 0 Å². The Kier molecular flexibility index (Phi) is 10.8. The van der Waals surface area contributed by atoms with Crippen molar-refractivity contribution >= 4 is 17.6 Å². The van der Waals surface area contributed by atoms with Crippen LogP contribution in [-0.4, -0.2) is 42.3 Å². The number of halogens is 1. The number of nitrogens with zero attached hydrogens (tertiary/aromatic N) is 1. The number of rotatable bonds is 11. The van der Waals surface area contributed by atoms with Crippen molar-refractivity contribution in [3.63, 3.8) is 0 Å². The van der Waals surface area contributed by atoms with Gasteiger partial charge < -0.3 is 15.4 Å². The monoisotopic (exact) mass is 423 g/mol. The summed E-state index contributed by atoms with van der Waals surface area (Å²) in [6.45, 7) is 3.26. The highest BCUT2D eigenvalue weighted by molar-refractivity contribution is 6.30. The SMILES string of the molecule is CCCC(CCN(C)C(=O)NC(CNO)CC1CCCCC1)c1cccc(Cl)c1. The summed E-state index contributed by atoms with van der Waals surface area (Å²) >= 11 is 6.17. The van der Waals surface area contributed by atoms with Crippen LogP contribution in [0.4, 0.5) is 4.79 Å². The molecule has 6 heteroatoms. The number of hydroxylamine groups is 1. The standard InChI is InChI=1S/C23H38ClN3O2/c1-3-8-19(20-11-7-12-21(24)16-20)13-14-27(2)23(28)26-22(17-25-29)15-18-9-5-4-6-10-18/h7,11-12,16,18-19,22,25,29H,3-6,8-10,13-15,17H2,1-2H3,(H,26,28). The predicted molar refractivity (Wildman–Crippen MR) is 120 cm³/mol. The molecular weight excluding hydrogens is 386 g/mol. The zero-order chi connectivity index (χ0) is 21.1. The quantitative estimate of drug-likeness (QED) is 0.407. The Morgan fingerprint density at radius 2 is 2.03 bits per heavy atom. The van der Waals surface area contributed by atoms with E-state index >= 15 is 0 Å². The van der Waals surface area contributed by atoms with Crippen LogP contribution in [0.2, 0.25) is 5.02 Å². The lowest BCUT2D eigenvalue weighted by molar-refractivity contribution is 0.143. The lowest BCUT2D eigenvalue weighted by Gasteiger charge is -2.29. The number of nitrogens with one attached hydrogen (secondary N) is 2. The number of amides is 2. The first-order valence-corrected chi connectivity index (χ1v) is 11.5. The highest BCUT2D eigenvalue weighted by atomic mass is 35.5. The van der Waals surface area contributed by atoms with Gasteiger partial charge in [-0.25, -0.2) is 10.3 Å². The molecule has 2 rings (SSSR count). The molecule has 3 N–H and O–H groups in total. The maximum atomic E-state index is 12.7. The first-order chi connectivity index (χ1) is 14.0. The summed E-state index contributed by atoms with van der Waals surface area (Å²) in [5, 5.41) is 13.0. The van der Waals surface area contributed by atoms with Crippen LogP contribution in [0.1, 0.15) is 76.2 Å². The minimum atomic E-state index is -0.0672. The number of hydrogen-bond acceptors (Lipinski definition) is 3. The maximum Gasteiger partial charge on any atom is 0.317 e. The van der Waals surface area contributed by atoms with Crippen LogP contribution in [0, 0.1) is 5.92 Å². The Balaban J connectivity index is 1.86. The van der Waals surface area contributed by atoms with Crippen molar-refractivity contribution in [2.24, 2.45) is 5.92 Å². The van der Waals surface area contributed by atoms with Gasteiger partial charge in [-0.05, 0) is 48.8 Å². The molecule has 29 heavy (non-hydrogen) atoms. The van der Waals surface area contributed by atoms with Crippen LogP contribution in [0.5, 0.6) is 0 Å². The van der Waals surface area contributed by atoms with E-state index in [9.17, 15) is 10.0 Å². The smallest absolute Gasteiger partial charge is 0.317 e. The molecule has 5 nitrogen and oxygen atoms in total. The molecule has 164 valence electrons. The van der Waals surface area contributed by atoms with Gasteiger partial charge >= 0.3 is 6.03 Å². The van der Waals surface area contributed by atoms with Crippen molar-refractivity contribution in [3.05, 3.63) is 34.9 Å². The molecule has 2 atom stereocenters. The molecule has 1 aliphatic rings. The van der Waals surface area contributed by atoms with Gasteiger partial charge in [-0.2, -0.15) is 0 Å². The average molecular weight is 424 g/mol. The van der Waals surface area contributed by atoms with Crippen molar-refractivity contribution < 1.29 is 10.0 Å². The molecule has 0 heterocycles. The lowest BCUT2D eigenvalue weighted by Crippen LogP contribution is -2.48. The van der Waals surface area contributed by atoms with Gasteiger partial charge in [0.2, 0.25) is 0 Å². The molecule has 0 aromatic heterocycles. The van der Waals surface area contributed by atoms with Crippen molar-refractivity contribution in [3.8, 4) is 0 Å². The van der Waals surface area contributed by atoms with Gasteiger partial charge in [-0.15, -0.1) is 0 Å². The van der Waals surface area contributed by atoms with Crippen molar-refractivity contribution in [2.45, 2.75) is 76.7 Å². The second-order valence-electron chi connectivity index (χ2n) is 8.50. The Bertz CT molecular complexity index is 608. The Hall–Kier alpha value is -1.30. The molecule has 0 radical (unpaired) electrons. The highest BCUT2D eigenvalue weighted by Gasteiger charge is 2.22. The summed E-state index contributed by atoms with van der Waals surface area (Å²) < 4.78 is 0. The zero-order valence-corrected chi connectivity index (χ0v) is 18.8. The second-order valence-corrected chi connectivity index (χ2v) is 8.94. The summed E-state index contributed by atoms with van der Waals surface area (Å²) in [6, 6.07) is 7.94. The molecule has 2 amide bonds. The zero-order valence-electron chi connectivity index (χ0n) is 18.0. The number of carbonyl (C=O) groups excluding carboxylic acids is 1. The topological polar surface area (TPSA) is 64.6 Å². The third-order valence-corrected chi connectivity index (χ3v) is 6.36. The second kappa shape index (κ2) is 13.1. The van der Waals surface area contributed by atoms with Gasteiger partial charge in [0, 0.05) is 31.2 Å². The summed E-state index contributed by atoms with van der Waals surface area (Å²) in [5.41, 5.74) is 3.49. The third-order valence-electron chi connectivity index (χ3n) is 6.12. The van der Waals surface area contributed by atoms with Gasteiger partial charge in [0.15, 0.2) is 0 Å². The molecule has 0 bridgehead atoms. The molecule has 2 unspecified atom stereocenters. The van der Waals surface area contributed by atoms with E-state index in [1.165, 1.54) is 37.7 Å². The fourth-order valence-electron chi connectivity index (χ4n) is 4.45. The minimum Gasteiger partial charge on any atom is -0.334 e. The van der Waals surface area contributed by atoms with Gasteiger partial charge in [0.1, 0.15) is 0 Å². The van der Waals surface area contributed by atoms with Gasteiger partial charge in [0.05, 0.1) is 0 Å². The van der Waals surface area contributed by atoms with E-state index in [1.807, 2.05) is 25.2 Å². The number of hydrogen-bond donors (Lipinski definition) is 3. The molecule has 1 aliphatic carbocycles. The Morgan fingerprint density at radius 3 is 2.69 bits per heavy atom. The molecule has 0 saturated heterocycles. The summed E-state index contributed by atoms with van der Waals surface area (Å²) in [6.07, 6.45) is 10.3. The molecule has 1 saturated carbocycles. The fraction of sp³-hybridized carbons (Fsp3) is 0.696. The van der Waals surface area contributed by atoms with E-state index in [4.69, 9.17) is 11.6 Å². The predicted octanol–water partition coefficient (Wildman–Crippen LogP) is 5.57. The lowest BCUT2D eigenvalue weighted by atomic mass is 9.85. The van der Waals surface area contributed by atoms with E-state index in [1.54, 1.807) is 4.90 Å². The number of benzene rings is 1. The van der Waals surface area contributed by atoms with E-state index in [2.05, 4.69) is 23.8 Å². The first-order valence-electron chi connectivity index (χ1n) is 11.2. The van der Waals surface area contributed by atoms with Gasteiger partial charge in [0.25, 0.3) is 0 Å². The largest absolute Gasteiger partial charge is 0.334 e. The Morgan fingerprint density at radius 1 is 1.28 bits per heavy atom. The van der Waals surface area contributed by atoms with E-state index in [-0.39, 0.29) is 12.1 Å². The van der Waals surface area contributed by atoms with Gasteiger partial charge in [-0.3, -0.25) is 0 Å². The summed E-state index contributed by atoms with van der Waals surface area (Å²) in [5.74, 6) is 1.04. The number of urea groups is 1. The molecule has 0 spiro atoms. The van der Waals surface area contributed by atoms with E-state index < -0.39 is 0 Å². The van der Waals surface area contributed by atoms with Crippen LogP contribution >= 0.6 is 11.6 Å². The van der Waals surface area contributed by atoms with E-state index in [0.717, 1.165) is 30.7 Å². The highest BCUT2D eigenvalue weighted by Crippen LogP contribution is 2.28. The normalized spacial score (nSPS) is 17.0. The summed E-state index contributed by atoms with van der Waals surface area (Å²) in [7, 11) is 1.85. The van der Waals surface area contributed by atoms with Crippen LogP contribution in [-0.2, 0) is 0 Å². The maximum absolute atomic E-state index is 12.7. The molecule has 0 aliphatic heterocycles. The van der Waals surface area contributed by atoms with Crippen molar-refractivity contribution in [1.82, 2.24) is 15.7 Å². The van der Waals surface area contributed by atoms with Crippen molar-refractivity contribution in [1.29, 1.82) is 0 Å². The van der Waals surface area contributed by atoms with Crippen LogP contribution in [0.25, 0.3) is 0 Å². The molecule has 1 fully saturated rings. The first kappa shape index (κ1) is 24.0. The average Bonchev–Trinajstić information content (AvgIpc) is 2.71. The fourth-order valence-corrected chi connectivity index (χ4v) is 4.65. The minimum absolute atomic E-state index is 0.0441. The third kappa shape index (κ3) is 8.53.